The van der Waals surface area contributed by atoms with Gasteiger partial charge in [0.05, 0.1) is 11.0 Å². The number of hydrogen-bond donors (Lipinski definition) is 0. The molecular weight excluding hydrogens is 196 g/mol. The number of nitro benzene ring substituents is 1. The van der Waals surface area contributed by atoms with E-state index in [1.807, 2.05) is 0 Å². The first-order valence-electron chi connectivity index (χ1n) is 3.70. The molecule has 0 aliphatic carbocycles. The minimum absolute atomic E-state index is 0.202. The predicted octanol–water partition coefficient (Wildman–Crippen LogP) is 2.50. The second-order valence-corrected chi connectivity index (χ2v) is 2.64. The smallest absolute Gasteiger partial charge is 0.387 e. The maximum absolute atomic E-state index is 11.8. The standard InChI is InChI=1S/C8H7F2NO3/c1-5-2-6(11(12)13)4-7(3-5)14-8(9)10/h2-4,8H,1H3. The van der Waals surface area contributed by atoms with Gasteiger partial charge in [0.25, 0.3) is 5.69 Å². The summed E-state index contributed by atoms with van der Waals surface area (Å²) in [6, 6.07) is 3.54. The van der Waals surface area contributed by atoms with Crippen LogP contribution in [-0.4, -0.2) is 11.5 Å². The van der Waals surface area contributed by atoms with Gasteiger partial charge in [0.15, 0.2) is 0 Å². The Morgan fingerprint density at radius 2 is 2.07 bits per heavy atom. The summed E-state index contributed by atoms with van der Waals surface area (Å²) in [6.07, 6.45) is 0. The summed E-state index contributed by atoms with van der Waals surface area (Å²) in [5.74, 6) is -0.202. The van der Waals surface area contributed by atoms with E-state index in [2.05, 4.69) is 4.74 Å². The van der Waals surface area contributed by atoms with Gasteiger partial charge < -0.3 is 4.74 Å². The minimum atomic E-state index is -2.98. The number of nitrogens with zero attached hydrogens (tertiary/aromatic N) is 1. The average molecular weight is 203 g/mol. The fourth-order valence-corrected chi connectivity index (χ4v) is 1.00. The lowest BCUT2D eigenvalue weighted by Gasteiger charge is -2.04. The van der Waals surface area contributed by atoms with Gasteiger partial charge in [-0.2, -0.15) is 8.78 Å². The highest BCUT2D eigenvalue weighted by Crippen LogP contribution is 2.23. The molecule has 14 heavy (non-hydrogen) atoms. The van der Waals surface area contributed by atoms with Crippen LogP contribution in [0, 0.1) is 17.0 Å². The molecule has 0 atom stereocenters. The van der Waals surface area contributed by atoms with Crippen molar-refractivity contribution in [3.8, 4) is 5.75 Å². The van der Waals surface area contributed by atoms with Gasteiger partial charge in [0, 0.05) is 6.07 Å². The molecular formula is C8H7F2NO3. The number of aryl methyl sites for hydroxylation is 1. The zero-order valence-corrected chi connectivity index (χ0v) is 7.24. The highest BCUT2D eigenvalue weighted by atomic mass is 19.3. The lowest BCUT2D eigenvalue weighted by Crippen LogP contribution is -2.02. The molecule has 0 saturated carbocycles. The Morgan fingerprint density at radius 1 is 1.43 bits per heavy atom. The highest BCUT2D eigenvalue weighted by Gasteiger charge is 2.11. The molecule has 0 unspecified atom stereocenters. The Bertz CT molecular complexity index is 354. The second-order valence-electron chi connectivity index (χ2n) is 2.64. The van der Waals surface area contributed by atoms with Crippen LogP contribution >= 0.6 is 0 Å². The topological polar surface area (TPSA) is 52.4 Å². The number of hydrogen-bond acceptors (Lipinski definition) is 3. The Hall–Kier alpha value is -1.72. The number of alkyl halides is 2. The van der Waals surface area contributed by atoms with Crippen molar-refractivity contribution in [1.82, 2.24) is 0 Å². The summed E-state index contributed by atoms with van der Waals surface area (Å²) in [4.78, 5) is 9.69. The molecule has 0 N–H and O–H groups in total. The van der Waals surface area contributed by atoms with E-state index in [1.165, 1.54) is 12.1 Å². The normalized spacial score (nSPS) is 10.3. The van der Waals surface area contributed by atoms with Gasteiger partial charge in [-0.05, 0) is 18.6 Å². The molecule has 0 fully saturated rings. The number of halogens is 2. The third-order valence-corrected chi connectivity index (χ3v) is 1.47. The van der Waals surface area contributed by atoms with Crippen LogP contribution in [0.15, 0.2) is 18.2 Å². The van der Waals surface area contributed by atoms with Gasteiger partial charge in [0.2, 0.25) is 0 Å². The number of benzene rings is 1. The van der Waals surface area contributed by atoms with Gasteiger partial charge in [-0.25, -0.2) is 0 Å². The van der Waals surface area contributed by atoms with E-state index >= 15 is 0 Å². The van der Waals surface area contributed by atoms with Crippen molar-refractivity contribution >= 4 is 5.69 Å². The first-order valence-corrected chi connectivity index (χ1v) is 3.70. The van der Waals surface area contributed by atoms with Crippen LogP contribution < -0.4 is 4.74 Å². The Kier molecular flexibility index (Phi) is 2.95. The summed E-state index contributed by atoms with van der Waals surface area (Å²) < 4.78 is 27.6. The Morgan fingerprint density at radius 3 is 2.57 bits per heavy atom. The van der Waals surface area contributed by atoms with Crippen molar-refractivity contribution in [1.29, 1.82) is 0 Å². The minimum Gasteiger partial charge on any atom is -0.435 e. The summed E-state index contributed by atoms with van der Waals surface area (Å²) in [6.45, 7) is -1.41. The Labute approximate surface area is 78.3 Å². The molecule has 0 saturated heterocycles. The predicted molar refractivity (Wildman–Crippen MR) is 44.5 cm³/mol. The van der Waals surface area contributed by atoms with Crippen LogP contribution in [0.4, 0.5) is 14.5 Å². The molecule has 0 aliphatic rings. The molecule has 6 heteroatoms. The zero-order chi connectivity index (χ0) is 10.7. The fraction of sp³-hybridized carbons (Fsp3) is 0.250. The molecule has 1 aromatic rings. The lowest BCUT2D eigenvalue weighted by atomic mass is 10.2. The third-order valence-electron chi connectivity index (χ3n) is 1.47. The van der Waals surface area contributed by atoms with E-state index in [0.29, 0.717) is 5.56 Å². The molecule has 0 bridgehead atoms. The molecule has 1 rings (SSSR count). The van der Waals surface area contributed by atoms with Gasteiger partial charge in [-0.15, -0.1) is 0 Å². The van der Waals surface area contributed by atoms with Crippen molar-refractivity contribution < 1.29 is 18.4 Å². The maximum atomic E-state index is 11.8. The van der Waals surface area contributed by atoms with Gasteiger partial charge in [-0.3, -0.25) is 10.1 Å². The van der Waals surface area contributed by atoms with Crippen molar-refractivity contribution in [3.05, 3.63) is 33.9 Å². The van der Waals surface area contributed by atoms with E-state index in [0.717, 1.165) is 6.07 Å². The summed E-state index contributed by atoms with van der Waals surface area (Å²) in [5, 5.41) is 10.4. The molecule has 0 heterocycles. The number of rotatable bonds is 3. The Balaban J connectivity index is 3.01. The average Bonchev–Trinajstić information content (AvgIpc) is 2.01. The van der Waals surface area contributed by atoms with Crippen LogP contribution in [0.5, 0.6) is 5.75 Å². The molecule has 1 aromatic carbocycles. The van der Waals surface area contributed by atoms with Crippen molar-refractivity contribution in [2.45, 2.75) is 13.5 Å². The molecule has 0 aromatic heterocycles. The molecule has 0 radical (unpaired) electrons. The van der Waals surface area contributed by atoms with Crippen molar-refractivity contribution in [2.24, 2.45) is 0 Å². The van der Waals surface area contributed by atoms with Gasteiger partial charge in [0.1, 0.15) is 5.75 Å². The molecule has 4 nitrogen and oxygen atoms in total. The van der Waals surface area contributed by atoms with Crippen LogP contribution in [0.2, 0.25) is 0 Å². The second kappa shape index (κ2) is 3.99. The van der Waals surface area contributed by atoms with Crippen LogP contribution in [0.25, 0.3) is 0 Å². The first kappa shape index (κ1) is 10.4. The van der Waals surface area contributed by atoms with Crippen LogP contribution in [0.3, 0.4) is 0 Å². The molecule has 0 spiro atoms. The van der Waals surface area contributed by atoms with Crippen molar-refractivity contribution in [3.63, 3.8) is 0 Å². The van der Waals surface area contributed by atoms with E-state index < -0.39 is 11.5 Å². The van der Waals surface area contributed by atoms with E-state index in [9.17, 15) is 18.9 Å². The fourth-order valence-electron chi connectivity index (χ4n) is 1.00. The summed E-state index contributed by atoms with van der Waals surface area (Å²) in [7, 11) is 0. The molecule has 76 valence electrons. The van der Waals surface area contributed by atoms with Gasteiger partial charge in [-0.1, -0.05) is 0 Å². The number of ether oxygens (including phenoxy) is 1. The lowest BCUT2D eigenvalue weighted by molar-refractivity contribution is -0.385. The monoisotopic (exact) mass is 203 g/mol. The van der Waals surface area contributed by atoms with E-state index in [4.69, 9.17) is 0 Å². The number of non-ortho nitro benzene ring substituents is 1. The van der Waals surface area contributed by atoms with Crippen molar-refractivity contribution in [2.75, 3.05) is 0 Å². The number of nitro groups is 1. The van der Waals surface area contributed by atoms with Gasteiger partial charge >= 0.3 is 6.61 Å². The highest BCUT2D eigenvalue weighted by molar-refractivity contribution is 5.42. The van der Waals surface area contributed by atoms with Crippen LogP contribution in [0.1, 0.15) is 5.56 Å². The first-order chi connectivity index (χ1) is 6.49. The molecule has 0 amide bonds. The quantitative estimate of drug-likeness (QED) is 0.560. The van der Waals surface area contributed by atoms with Crippen LogP contribution in [-0.2, 0) is 0 Å². The SMILES string of the molecule is Cc1cc(OC(F)F)cc([N+](=O)[O-])c1. The third kappa shape index (κ3) is 2.65. The zero-order valence-electron chi connectivity index (χ0n) is 7.24. The van der Waals surface area contributed by atoms with E-state index in [1.54, 1.807) is 6.92 Å². The summed E-state index contributed by atoms with van der Waals surface area (Å²) in [5.41, 5.74) is 0.232. The largest absolute Gasteiger partial charge is 0.435 e. The molecule has 0 aliphatic heterocycles. The summed E-state index contributed by atoms with van der Waals surface area (Å²) >= 11 is 0. The maximum Gasteiger partial charge on any atom is 0.387 e. The van der Waals surface area contributed by atoms with E-state index in [-0.39, 0.29) is 11.4 Å².